The van der Waals surface area contributed by atoms with Crippen molar-refractivity contribution in [1.82, 2.24) is 4.68 Å². The average molecular weight is 392 g/mol. The van der Waals surface area contributed by atoms with Gasteiger partial charge in [-0.3, -0.25) is 0 Å². The molecular formula is C26H35N2O+. The average Bonchev–Trinajstić information content (AvgIpc) is 3.03. The van der Waals surface area contributed by atoms with E-state index in [2.05, 4.69) is 108 Å². The van der Waals surface area contributed by atoms with E-state index in [1.54, 1.807) is 0 Å². The summed E-state index contributed by atoms with van der Waals surface area (Å²) in [5, 5.41) is 0. The van der Waals surface area contributed by atoms with E-state index in [1.165, 1.54) is 22.3 Å². The molecule has 0 amide bonds. The number of hydrogen-bond acceptors (Lipinski definition) is 1. The quantitative estimate of drug-likeness (QED) is 0.450. The summed E-state index contributed by atoms with van der Waals surface area (Å²) in [5.74, 6) is 1.89. The van der Waals surface area contributed by atoms with Crippen molar-refractivity contribution in [2.45, 2.75) is 66.4 Å². The van der Waals surface area contributed by atoms with E-state index in [4.69, 9.17) is 4.74 Å². The summed E-state index contributed by atoms with van der Waals surface area (Å²) in [7, 11) is 2.10. The molecule has 3 rings (SSSR count). The van der Waals surface area contributed by atoms with Gasteiger partial charge in [-0.25, -0.2) is 0 Å². The van der Waals surface area contributed by atoms with Crippen molar-refractivity contribution in [3.63, 3.8) is 0 Å². The van der Waals surface area contributed by atoms with E-state index in [0.29, 0.717) is 11.8 Å². The van der Waals surface area contributed by atoms with Crippen molar-refractivity contribution in [1.29, 1.82) is 0 Å². The van der Waals surface area contributed by atoms with Crippen LogP contribution in [0.25, 0.3) is 16.8 Å². The summed E-state index contributed by atoms with van der Waals surface area (Å²) < 4.78 is 10.4. The third-order valence-corrected chi connectivity index (χ3v) is 5.45. The molecule has 0 aliphatic rings. The Labute approximate surface area is 175 Å². The predicted molar refractivity (Wildman–Crippen MR) is 121 cm³/mol. The van der Waals surface area contributed by atoms with Crippen molar-refractivity contribution in [2.24, 2.45) is 7.05 Å². The lowest BCUT2D eigenvalue weighted by Gasteiger charge is -2.18. The van der Waals surface area contributed by atoms with Crippen LogP contribution in [0.15, 0.2) is 48.8 Å². The van der Waals surface area contributed by atoms with E-state index in [9.17, 15) is 0 Å². The van der Waals surface area contributed by atoms with Crippen LogP contribution in [-0.2, 0) is 7.05 Å². The van der Waals surface area contributed by atoms with Crippen LogP contribution in [0.1, 0.15) is 70.1 Å². The molecule has 154 valence electrons. The van der Waals surface area contributed by atoms with Gasteiger partial charge in [0.2, 0.25) is 6.20 Å². The van der Waals surface area contributed by atoms with Gasteiger partial charge in [0.25, 0.3) is 0 Å². The first-order valence-corrected chi connectivity index (χ1v) is 10.7. The molecular weight excluding hydrogens is 356 g/mol. The molecule has 0 radical (unpaired) electrons. The highest BCUT2D eigenvalue weighted by Crippen LogP contribution is 2.36. The second kappa shape index (κ2) is 8.44. The number of nitrogens with zero attached hydrogens (tertiary/aromatic N) is 2. The molecule has 0 aliphatic carbocycles. The number of benzene rings is 2. The van der Waals surface area contributed by atoms with Crippen molar-refractivity contribution in [3.05, 3.63) is 65.5 Å². The maximum atomic E-state index is 6.02. The molecule has 0 bridgehead atoms. The Morgan fingerprint density at radius 3 is 2.00 bits per heavy atom. The molecule has 3 aromatic rings. The fraction of sp³-hybridized carbons (Fsp3) is 0.423. The fourth-order valence-corrected chi connectivity index (χ4v) is 4.01. The molecule has 0 saturated carbocycles. The van der Waals surface area contributed by atoms with Crippen LogP contribution in [0.5, 0.6) is 5.75 Å². The summed E-state index contributed by atoms with van der Waals surface area (Å²) in [6.07, 6.45) is 4.65. The molecule has 1 heterocycles. The zero-order valence-electron chi connectivity index (χ0n) is 19.2. The lowest BCUT2D eigenvalue weighted by Crippen LogP contribution is -2.37. The van der Waals surface area contributed by atoms with E-state index in [0.717, 1.165) is 17.0 Å². The van der Waals surface area contributed by atoms with Gasteiger partial charge >= 0.3 is 0 Å². The van der Waals surface area contributed by atoms with Crippen molar-refractivity contribution in [2.75, 3.05) is 0 Å². The Balaban J connectivity index is 2.17. The van der Waals surface area contributed by atoms with Gasteiger partial charge in [0, 0.05) is 5.56 Å². The largest absolute Gasteiger partial charge is 0.491 e. The van der Waals surface area contributed by atoms with Gasteiger partial charge in [0.1, 0.15) is 11.4 Å². The molecule has 29 heavy (non-hydrogen) atoms. The maximum Gasteiger partial charge on any atom is 0.203 e. The Morgan fingerprint density at radius 1 is 0.862 bits per heavy atom. The van der Waals surface area contributed by atoms with Crippen LogP contribution in [-0.4, -0.2) is 10.8 Å². The van der Waals surface area contributed by atoms with Crippen LogP contribution >= 0.6 is 0 Å². The molecule has 0 atom stereocenters. The molecule has 2 aromatic carbocycles. The monoisotopic (exact) mass is 391 g/mol. The number of rotatable bonds is 6. The second-order valence-electron chi connectivity index (χ2n) is 8.82. The molecule has 0 aliphatic heterocycles. The molecule has 1 aromatic heterocycles. The molecule has 0 unspecified atom stereocenters. The molecule has 0 spiro atoms. The normalized spacial score (nSPS) is 11.7. The SMILES string of the molecule is Cc1c(OC(C)C)cccc1-n1cc(-c2c(C(C)C)cccc2C(C)C)c[n+]1C. The van der Waals surface area contributed by atoms with Gasteiger partial charge in [-0.15, -0.1) is 9.36 Å². The maximum absolute atomic E-state index is 6.02. The first kappa shape index (κ1) is 21.2. The zero-order chi connectivity index (χ0) is 21.3. The third kappa shape index (κ3) is 4.24. The van der Waals surface area contributed by atoms with Gasteiger partial charge in [0.05, 0.1) is 17.9 Å². The van der Waals surface area contributed by atoms with Crippen LogP contribution in [0, 0.1) is 6.92 Å². The van der Waals surface area contributed by atoms with Crippen molar-refractivity contribution >= 4 is 0 Å². The summed E-state index contributed by atoms with van der Waals surface area (Å²) >= 11 is 0. The van der Waals surface area contributed by atoms with Crippen LogP contribution < -0.4 is 9.42 Å². The standard InChI is InChI=1S/C26H35N2O/c1-17(2)22-11-9-12-23(18(3)4)26(22)21-15-27(8)28(16-21)24-13-10-14-25(20(24)7)29-19(5)6/h9-19H,1-8H3/q+1. The van der Waals surface area contributed by atoms with Crippen LogP contribution in [0.2, 0.25) is 0 Å². The van der Waals surface area contributed by atoms with Gasteiger partial charge in [-0.2, -0.15) is 0 Å². The minimum Gasteiger partial charge on any atom is -0.491 e. The highest BCUT2D eigenvalue weighted by Gasteiger charge is 2.22. The molecule has 3 heteroatoms. The summed E-state index contributed by atoms with van der Waals surface area (Å²) in [5.41, 5.74) is 7.74. The first-order chi connectivity index (χ1) is 13.7. The number of ether oxygens (including phenoxy) is 1. The van der Waals surface area contributed by atoms with Crippen molar-refractivity contribution < 1.29 is 9.42 Å². The van der Waals surface area contributed by atoms with E-state index in [1.807, 2.05) is 6.07 Å². The molecule has 0 saturated heterocycles. The van der Waals surface area contributed by atoms with E-state index >= 15 is 0 Å². The van der Waals surface area contributed by atoms with Gasteiger partial charge < -0.3 is 4.74 Å². The number of aryl methyl sites for hydroxylation is 1. The lowest BCUT2D eigenvalue weighted by atomic mass is 9.86. The third-order valence-electron chi connectivity index (χ3n) is 5.45. The summed E-state index contributed by atoms with van der Waals surface area (Å²) in [6.45, 7) is 15.4. The second-order valence-corrected chi connectivity index (χ2v) is 8.82. The highest BCUT2D eigenvalue weighted by atomic mass is 16.5. The van der Waals surface area contributed by atoms with E-state index < -0.39 is 0 Å². The molecule has 3 nitrogen and oxygen atoms in total. The van der Waals surface area contributed by atoms with Gasteiger partial charge in [0.15, 0.2) is 7.05 Å². The summed E-state index contributed by atoms with van der Waals surface area (Å²) in [4.78, 5) is 0. The zero-order valence-corrected chi connectivity index (χ0v) is 19.2. The Morgan fingerprint density at radius 2 is 1.45 bits per heavy atom. The first-order valence-electron chi connectivity index (χ1n) is 10.7. The highest BCUT2D eigenvalue weighted by molar-refractivity contribution is 5.71. The topological polar surface area (TPSA) is 18.0 Å². The van der Waals surface area contributed by atoms with E-state index in [-0.39, 0.29) is 6.10 Å². The Kier molecular flexibility index (Phi) is 6.16. The molecule has 0 N–H and O–H groups in total. The molecule has 0 fully saturated rings. The van der Waals surface area contributed by atoms with Crippen molar-refractivity contribution in [3.8, 4) is 22.6 Å². The van der Waals surface area contributed by atoms with Crippen LogP contribution in [0.3, 0.4) is 0 Å². The number of aromatic nitrogens is 2. The summed E-state index contributed by atoms with van der Waals surface area (Å²) in [6, 6.07) is 13.0. The minimum atomic E-state index is 0.157. The Bertz CT molecular complexity index is 970. The van der Waals surface area contributed by atoms with Crippen LogP contribution in [0.4, 0.5) is 0 Å². The number of hydrogen-bond donors (Lipinski definition) is 0. The lowest BCUT2D eigenvalue weighted by molar-refractivity contribution is -0.744. The smallest absolute Gasteiger partial charge is 0.203 e. The fourth-order valence-electron chi connectivity index (χ4n) is 4.01. The Hall–Kier alpha value is -2.55. The predicted octanol–water partition coefficient (Wildman–Crippen LogP) is 6.31. The van der Waals surface area contributed by atoms with Gasteiger partial charge in [-0.05, 0) is 61.4 Å². The van der Waals surface area contributed by atoms with Gasteiger partial charge in [-0.1, -0.05) is 52.0 Å². The minimum absolute atomic E-state index is 0.157.